The number of carbonyl (C=O) groups excluding carboxylic acids is 1. The molecule has 0 aromatic carbocycles. The molecular weight excluding hydrogens is 248 g/mol. The van der Waals surface area contributed by atoms with Gasteiger partial charge in [0.1, 0.15) is 0 Å². The van der Waals surface area contributed by atoms with Crippen molar-refractivity contribution in [1.29, 1.82) is 0 Å². The fourth-order valence-corrected chi connectivity index (χ4v) is 2.85. The summed E-state index contributed by atoms with van der Waals surface area (Å²) in [6.45, 7) is 8.93. The van der Waals surface area contributed by atoms with E-state index in [1.165, 1.54) is 0 Å². The van der Waals surface area contributed by atoms with E-state index in [0.717, 1.165) is 44.4 Å². The first-order valence-electron chi connectivity index (χ1n) is 6.44. The maximum Gasteiger partial charge on any atom is 0.320 e. The number of carbonyl (C=O) groups is 1. The molecule has 1 aliphatic heterocycles. The van der Waals surface area contributed by atoms with Gasteiger partial charge in [-0.1, -0.05) is 0 Å². The van der Waals surface area contributed by atoms with Crippen molar-refractivity contribution in [2.75, 3.05) is 44.2 Å². The Bertz CT molecular complexity index is 369. The van der Waals surface area contributed by atoms with E-state index in [9.17, 15) is 4.79 Å². The van der Waals surface area contributed by atoms with Crippen LogP contribution in [0.5, 0.6) is 0 Å². The van der Waals surface area contributed by atoms with Crippen molar-refractivity contribution in [2.45, 2.75) is 13.8 Å². The minimum absolute atomic E-state index is 0.166. The van der Waals surface area contributed by atoms with E-state index in [0.29, 0.717) is 0 Å². The maximum absolute atomic E-state index is 12.2. The molecule has 2 amide bonds. The molecule has 0 bridgehead atoms. The highest BCUT2D eigenvalue weighted by Gasteiger charge is 2.24. The largest absolute Gasteiger partial charge is 0.345 e. The summed E-state index contributed by atoms with van der Waals surface area (Å²) in [6.07, 6.45) is 1.83. The molecule has 0 N–H and O–H groups in total. The number of piperazine rings is 1. The molecule has 1 aromatic heterocycles. The SMILES string of the molecule is CCN(CC)C(=O)N1CCN(c2nccs2)CC1. The lowest BCUT2D eigenvalue weighted by atomic mass is 10.3. The van der Waals surface area contributed by atoms with Crippen LogP contribution in [-0.2, 0) is 0 Å². The molecule has 0 radical (unpaired) electrons. The quantitative estimate of drug-likeness (QED) is 0.838. The monoisotopic (exact) mass is 268 g/mol. The Labute approximate surface area is 112 Å². The number of rotatable bonds is 3. The molecule has 1 fully saturated rings. The normalized spacial score (nSPS) is 15.9. The van der Waals surface area contributed by atoms with Crippen molar-refractivity contribution in [2.24, 2.45) is 0 Å². The summed E-state index contributed by atoms with van der Waals surface area (Å²) in [7, 11) is 0. The summed E-state index contributed by atoms with van der Waals surface area (Å²) in [5, 5.41) is 3.05. The van der Waals surface area contributed by atoms with Crippen molar-refractivity contribution >= 4 is 22.5 Å². The highest BCUT2D eigenvalue weighted by molar-refractivity contribution is 7.13. The third-order valence-corrected chi connectivity index (χ3v) is 4.11. The average Bonchev–Trinajstić information content (AvgIpc) is 2.94. The van der Waals surface area contributed by atoms with E-state index >= 15 is 0 Å². The second-order valence-corrected chi connectivity index (χ2v) is 5.12. The van der Waals surface area contributed by atoms with E-state index in [1.54, 1.807) is 11.3 Å². The molecule has 0 atom stereocenters. The Hall–Kier alpha value is -1.30. The van der Waals surface area contributed by atoms with Crippen molar-refractivity contribution in [3.05, 3.63) is 11.6 Å². The highest BCUT2D eigenvalue weighted by atomic mass is 32.1. The van der Waals surface area contributed by atoms with Gasteiger partial charge in [-0.2, -0.15) is 0 Å². The number of hydrogen-bond acceptors (Lipinski definition) is 4. The molecule has 1 saturated heterocycles. The summed E-state index contributed by atoms with van der Waals surface area (Å²) in [4.78, 5) is 22.5. The molecule has 0 spiro atoms. The van der Waals surface area contributed by atoms with Gasteiger partial charge in [0.05, 0.1) is 0 Å². The smallest absolute Gasteiger partial charge is 0.320 e. The lowest BCUT2D eigenvalue weighted by molar-refractivity contribution is 0.154. The van der Waals surface area contributed by atoms with Crippen LogP contribution in [0.3, 0.4) is 0 Å². The minimum atomic E-state index is 0.166. The Kier molecular flexibility index (Phi) is 4.41. The van der Waals surface area contributed by atoms with E-state index in [4.69, 9.17) is 0 Å². The van der Waals surface area contributed by atoms with Crippen LogP contribution in [0, 0.1) is 0 Å². The lowest BCUT2D eigenvalue weighted by Crippen LogP contribution is -2.52. The zero-order valence-electron chi connectivity index (χ0n) is 11.0. The first-order chi connectivity index (χ1) is 8.76. The number of amides is 2. The zero-order chi connectivity index (χ0) is 13.0. The van der Waals surface area contributed by atoms with Crippen LogP contribution in [-0.4, -0.2) is 60.1 Å². The van der Waals surface area contributed by atoms with Crippen LogP contribution in [0.4, 0.5) is 9.93 Å². The second-order valence-electron chi connectivity index (χ2n) is 4.24. The van der Waals surface area contributed by atoms with Gasteiger partial charge >= 0.3 is 6.03 Å². The number of aromatic nitrogens is 1. The van der Waals surface area contributed by atoms with E-state index in [-0.39, 0.29) is 6.03 Å². The van der Waals surface area contributed by atoms with Crippen LogP contribution >= 0.6 is 11.3 Å². The summed E-state index contributed by atoms with van der Waals surface area (Å²) in [6, 6.07) is 0.166. The predicted molar refractivity (Wildman–Crippen MR) is 74.2 cm³/mol. The van der Waals surface area contributed by atoms with E-state index in [1.807, 2.05) is 35.2 Å². The van der Waals surface area contributed by atoms with Gasteiger partial charge in [-0.05, 0) is 13.8 Å². The maximum atomic E-state index is 12.2. The molecule has 100 valence electrons. The molecule has 18 heavy (non-hydrogen) atoms. The van der Waals surface area contributed by atoms with Gasteiger partial charge in [-0.15, -0.1) is 11.3 Å². The van der Waals surface area contributed by atoms with Gasteiger partial charge in [-0.3, -0.25) is 0 Å². The molecule has 2 rings (SSSR count). The minimum Gasteiger partial charge on any atom is -0.345 e. The summed E-state index contributed by atoms with van der Waals surface area (Å²) in [5.74, 6) is 0. The molecule has 2 heterocycles. The van der Waals surface area contributed by atoms with Gasteiger partial charge in [0.15, 0.2) is 5.13 Å². The number of anilines is 1. The summed E-state index contributed by atoms with van der Waals surface area (Å²) in [5.41, 5.74) is 0. The lowest BCUT2D eigenvalue weighted by Gasteiger charge is -2.37. The van der Waals surface area contributed by atoms with E-state index < -0.39 is 0 Å². The molecule has 0 aliphatic carbocycles. The molecule has 5 nitrogen and oxygen atoms in total. The van der Waals surface area contributed by atoms with Gasteiger partial charge in [0.25, 0.3) is 0 Å². The fourth-order valence-electron chi connectivity index (χ4n) is 2.16. The van der Waals surface area contributed by atoms with Gasteiger partial charge in [0.2, 0.25) is 0 Å². The number of urea groups is 1. The molecule has 6 heteroatoms. The number of thiazole rings is 1. The summed E-state index contributed by atoms with van der Waals surface area (Å²) >= 11 is 1.66. The van der Waals surface area contributed by atoms with Crippen molar-refractivity contribution < 1.29 is 4.79 Å². The second kappa shape index (κ2) is 6.04. The Morgan fingerprint density at radius 2 is 2.00 bits per heavy atom. The Balaban J connectivity index is 1.88. The van der Waals surface area contributed by atoms with Gasteiger partial charge in [-0.25, -0.2) is 9.78 Å². The zero-order valence-corrected chi connectivity index (χ0v) is 11.8. The molecule has 0 saturated carbocycles. The molecule has 0 unspecified atom stereocenters. The topological polar surface area (TPSA) is 39.7 Å². The van der Waals surface area contributed by atoms with Crippen LogP contribution in [0.15, 0.2) is 11.6 Å². The van der Waals surface area contributed by atoms with Crippen LogP contribution in [0.25, 0.3) is 0 Å². The first kappa shape index (κ1) is 13.1. The average molecular weight is 268 g/mol. The number of hydrogen-bond donors (Lipinski definition) is 0. The predicted octanol–water partition coefficient (Wildman–Crippen LogP) is 1.73. The first-order valence-corrected chi connectivity index (χ1v) is 7.32. The van der Waals surface area contributed by atoms with Crippen molar-refractivity contribution in [3.63, 3.8) is 0 Å². The van der Waals surface area contributed by atoms with Crippen LogP contribution in [0.1, 0.15) is 13.8 Å². The third-order valence-electron chi connectivity index (χ3n) is 3.27. The molecule has 1 aromatic rings. The summed E-state index contributed by atoms with van der Waals surface area (Å²) < 4.78 is 0. The molecule has 1 aliphatic rings. The number of nitrogens with zero attached hydrogens (tertiary/aromatic N) is 4. The van der Waals surface area contributed by atoms with Gasteiger partial charge in [0, 0.05) is 50.8 Å². The Morgan fingerprint density at radius 1 is 1.33 bits per heavy atom. The van der Waals surface area contributed by atoms with E-state index in [2.05, 4.69) is 9.88 Å². The fraction of sp³-hybridized carbons (Fsp3) is 0.667. The standard InChI is InChI=1S/C12H20N4OS/c1-3-14(4-2)12(17)16-8-6-15(7-9-16)11-13-5-10-18-11/h5,10H,3-4,6-9H2,1-2H3. The van der Waals surface area contributed by atoms with Gasteiger partial charge < -0.3 is 14.7 Å². The van der Waals surface area contributed by atoms with Crippen LogP contribution < -0.4 is 4.90 Å². The van der Waals surface area contributed by atoms with Crippen molar-refractivity contribution in [1.82, 2.24) is 14.8 Å². The highest BCUT2D eigenvalue weighted by Crippen LogP contribution is 2.19. The third kappa shape index (κ3) is 2.75. The van der Waals surface area contributed by atoms with Crippen molar-refractivity contribution in [3.8, 4) is 0 Å². The Morgan fingerprint density at radius 3 is 2.50 bits per heavy atom. The molecular formula is C12H20N4OS. The van der Waals surface area contributed by atoms with Crippen LogP contribution in [0.2, 0.25) is 0 Å².